The van der Waals surface area contributed by atoms with Crippen LogP contribution in [0.2, 0.25) is 5.02 Å². The van der Waals surface area contributed by atoms with Gasteiger partial charge in [0.05, 0.1) is 19.3 Å². The van der Waals surface area contributed by atoms with Crippen LogP contribution >= 0.6 is 23.8 Å². The first kappa shape index (κ1) is 21.9. The summed E-state index contributed by atoms with van der Waals surface area (Å²) in [6.45, 7) is 5.20. The number of carbonyl (C=O) groups is 2. The van der Waals surface area contributed by atoms with Gasteiger partial charge in [-0.3, -0.25) is 4.79 Å². The zero-order chi connectivity index (χ0) is 20.8. The van der Waals surface area contributed by atoms with E-state index in [2.05, 4.69) is 10.3 Å². The van der Waals surface area contributed by atoms with Crippen molar-refractivity contribution in [2.75, 3.05) is 19.8 Å². The van der Waals surface area contributed by atoms with Crippen molar-refractivity contribution in [1.29, 1.82) is 0 Å². The Balaban J connectivity index is 2.49. The Hall–Kier alpha value is -2.39. The van der Waals surface area contributed by atoms with Gasteiger partial charge in [0.25, 0.3) is 0 Å². The molecule has 1 aromatic rings. The van der Waals surface area contributed by atoms with Crippen molar-refractivity contribution in [2.45, 2.75) is 26.8 Å². The van der Waals surface area contributed by atoms with Gasteiger partial charge in [-0.25, -0.2) is 9.79 Å². The second-order valence-electron chi connectivity index (χ2n) is 5.85. The summed E-state index contributed by atoms with van der Waals surface area (Å²) in [4.78, 5) is 27.5. The highest BCUT2D eigenvalue weighted by atomic mass is 35.5. The maximum atomic E-state index is 12.5. The smallest absolute Gasteiger partial charge is 0.341 e. The summed E-state index contributed by atoms with van der Waals surface area (Å²) in [5.74, 6) is -1.82. The maximum Gasteiger partial charge on any atom is 0.341 e. The van der Waals surface area contributed by atoms with E-state index in [-0.39, 0.29) is 22.5 Å². The molecule has 1 aromatic carbocycles. The molecular weight excluding hydrogens is 408 g/mol. The van der Waals surface area contributed by atoms with Crippen LogP contribution in [0, 0.1) is 5.92 Å². The molecule has 152 valence electrons. The van der Waals surface area contributed by atoms with Gasteiger partial charge in [-0.05, 0) is 44.6 Å². The van der Waals surface area contributed by atoms with Gasteiger partial charge >= 0.3 is 11.9 Å². The number of nitrogens with zero attached hydrogens (tertiary/aromatic N) is 1. The fraction of sp³-hybridized carbons (Fsp3) is 0.444. The summed E-state index contributed by atoms with van der Waals surface area (Å²) in [7, 11) is 0. The Morgan fingerprint density at radius 1 is 1.25 bits per heavy atom. The highest BCUT2D eigenvalue weighted by Gasteiger charge is 2.38. The molecule has 0 amide bonds. The summed E-state index contributed by atoms with van der Waals surface area (Å²) in [6.07, 6.45) is 0. The predicted octanol–water partition coefficient (Wildman–Crippen LogP) is 2.77. The van der Waals surface area contributed by atoms with Gasteiger partial charge in [0, 0.05) is 16.8 Å². The van der Waals surface area contributed by atoms with Crippen molar-refractivity contribution in [3.05, 3.63) is 22.7 Å². The monoisotopic (exact) mass is 428 g/mol. The van der Waals surface area contributed by atoms with Crippen molar-refractivity contribution in [3.8, 4) is 11.5 Å². The maximum absolute atomic E-state index is 12.5. The van der Waals surface area contributed by atoms with Crippen LogP contribution in [-0.4, -0.2) is 47.7 Å². The fourth-order valence-electron chi connectivity index (χ4n) is 2.83. The summed E-state index contributed by atoms with van der Waals surface area (Å²) in [5, 5.41) is 12.3. The lowest BCUT2D eigenvalue weighted by Crippen LogP contribution is -2.44. The topological polar surface area (TPSA) is 106 Å². The number of carboxylic acids is 1. The van der Waals surface area contributed by atoms with Crippen LogP contribution in [0.4, 0.5) is 0 Å². The molecule has 0 fully saturated rings. The first-order chi connectivity index (χ1) is 13.3. The lowest BCUT2D eigenvalue weighted by molar-refractivity contribution is -0.146. The number of halogens is 1. The zero-order valence-corrected chi connectivity index (χ0v) is 17.2. The number of aliphatic imine (C=N–C) groups is 1. The molecule has 0 spiro atoms. The van der Waals surface area contributed by atoms with Crippen molar-refractivity contribution in [3.63, 3.8) is 0 Å². The van der Waals surface area contributed by atoms with E-state index in [1.807, 2.05) is 0 Å². The molecule has 10 heteroatoms. The van der Waals surface area contributed by atoms with Crippen LogP contribution < -0.4 is 14.8 Å². The number of hydrogen-bond donors (Lipinski definition) is 2. The van der Waals surface area contributed by atoms with Crippen molar-refractivity contribution in [1.82, 2.24) is 5.32 Å². The predicted molar refractivity (Wildman–Crippen MR) is 107 cm³/mol. The van der Waals surface area contributed by atoms with Gasteiger partial charge in [-0.2, -0.15) is 0 Å². The third kappa shape index (κ3) is 5.11. The van der Waals surface area contributed by atoms with Gasteiger partial charge in [0.1, 0.15) is 5.92 Å². The SMILES string of the molecule is CCOC(=O)C1C(C)=NC(=S)NC1c1cc(OCC)c(OCC(=O)O)cc1Cl. The quantitative estimate of drug-likeness (QED) is 0.481. The second-order valence-corrected chi connectivity index (χ2v) is 6.64. The van der Waals surface area contributed by atoms with Gasteiger partial charge < -0.3 is 24.6 Å². The summed E-state index contributed by atoms with van der Waals surface area (Å²) < 4.78 is 16.0. The first-order valence-electron chi connectivity index (χ1n) is 8.61. The number of thiocarbonyl (C=S) groups is 1. The first-order valence-corrected chi connectivity index (χ1v) is 9.40. The fourth-order valence-corrected chi connectivity index (χ4v) is 3.37. The molecule has 1 heterocycles. The number of benzene rings is 1. The highest BCUT2D eigenvalue weighted by Crippen LogP contribution is 2.40. The van der Waals surface area contributed by atoms with E-state index >= 15 is 0 Å². The van der Waals surface area contributed by atoms with E-state index in [4.69, 9.17) is 43.1 Å². The summed E-state index contributed by atoms with van der Waals surface area (Å²) >= 11 is 11.6. The van der Waals surface area contributed by atoms with E-state index in [1.165, 1.54) is 6.07 Å². The molecule has 0 radical (unpaired) electrons. The number of carboxylic acid groups (broad SMARTS) is 1. The Kier molecular flexibility index (Phi) is 7.59. The number of esters is 1. The van der Waals surface area contributed by atoms with Crippen molar-refractivity contribution < 1.29 is 28.9 Å². The van der Waals surface area contributed by atoms with Crippen LogP contribution in [0.5, 0.6) is 11.5 Å². The molecule has 2 rings (SSSR count). The molecular formula is C18H21ClN2O6S. The van der Waals surface area contributed by atoms with E-state index in [0.717, 1.165) is 0 Å². The molecule has 0 aliphatic carbocycles. The molecule has 2 unspecified atom stereocenters. The van der Waals surface area contributed by atoms with Crippen LogP contribution in [0.3, 0.4) is 0 Å². The number of carbonyl (C=O) groups excluding carboxylic acids is 1. The van der Waals surface area contributed by atoms with E-state index in [0.29, 0.717) is 23.6 Å². The van der Waals surface area contributed by atoms with Gasteiger partial charge in [-0.15, -0.1) is 0 Å². The molecule has 1 aliphatic rings. The van der Waals surface area contributed by atoms with Gasteiger partial charge in [0.15, 0.2) is 23.2 Å². The van der Waals surface area contributed by atoms with Gasteiger partial charge in [-0.1, -0.05) is 11.6 Å². The Morgan fingerprint density at radius 2 is 1.93 bits per heavy atom. The normalized spacial score (nSPS) is 18.7. The minimum atomic E-state index is -1.13. The number of ether oxygens (including phenoxy) is 3. The minimum Gasteiger partial charge on any atom is -0.490 e. The minimum absolute atomic E-state index is 0.189. The molecule has 1 aliphatic heterocycles. The van der Waals surface area contributed by atoms with Crippen molar-refractivity contribution in [2.24, 2.45) is 10.9 Å². The standard InChI is InChI=1S/C18H21ClN2O6S/c1-4-25-12-6-10(11(19)7-13(12)27-8-14(22)23)16-15(17(24)26-5-2)9(3)20-18(28)21-16/h6-7,15-16H,4-5,8H2,1-3H3,(H,21,28)(H,22,23). The average Bonchev–Trinajstić information content (AvgIpc) is 2.61. The number of hydrogen-bond acceptors (Lipinski definition) is 6. The van der Waals surface area contributed by atoms with E-state index in [9.17, 15) is 9.59 Å². The summed E-state index contributed by atoms with van der Waals surface area (Å²) in [6, 6.07) is 2.44. The van der Waals surface area contributed by atoms with Crippen LogP contribution in [0.1, 0.15) is 32.4 Å². The molecule has 0 saturated carbocycles. The molecule has 28 heavy (non-hydrogen) atoms. The molecule has 0 bridgehead atoms. The van der Waals surface area contributed by atoms with Crippen molar-refractivity contribution >= 4 is 46.6 Å². The molecule has 2 N–H and O–H groups in total. The Bertz CT molecular complexity index is 814. The Morgan fingerprint density at radius 3 is 2.54 bits per heavy atom. The lowest BCUT2D eigenvalue weighted by Gasteiger charge is -2.31. The summed E-state index contributed by atoms with van der Waals surface area (Å²) in [5.41, 5.74) is 1.04. The molecule has 2 atom stereocenters. The number of aliphatic carboxylic acids is 1. The highest BCUT2D eigenvalue weighted by molar-refractivity contribution is 7.80. The number of nitrogens with one attached hydrogen (secondary N) is 1. The van der Waals surface area contributed by atoms with E-state index in [1.54, 1.807) is 26.8 Å². The lowest BCUT2D eigenvalue weighted by atomic mass is 9.88. The Labute approximate surface area is 172 Å². The third-order valence-electron chi connectivity index (χ3n) is 3.93. The molecule has 0 aromatic heterocycles. The molecule has 0 saturated heterocycles. The largest absolute Gasteiger partial charge is 0.490 e. The zero-order valence-electron chi connectivity index (χ0n) is 15.7. The van der Waals surface area contributed by atoms with E-state index < -0.39 is 30.5 Å². The third-order valence-corrected chi connectivity index (χ3v) is 4.47. The van der Waals surface area contributed by atoms with Crippen LogP contribution in [0.15, 0.2) is 17.1 Å². The van der Waals surface area contributed by atoms with Crippen LogP contribution in [0.25, 0.3) is 0 Å². The van der Waals surface area contributed by atoms with Gasteiger partial charge in [0.2, 0.25) is 0 Å². The average molecular weight is 429 g/mol. The molecule has 8 nitrogen and oxygen atoms in total. The number of rotatable bonds is 8. The van der Waals surface area contributed by atoms with Crippen LogP contribution in [-0.2, 0) is 14.3 Å². The second kappa shape index (κ2) is 9.70.